The number of carbonyl (C=O) groups is 2. The van der Waals surface area contributed by atoms with Crippen LogP contribution in [0.4, 0.5) is 4.79 Å². The number of hydrogen-bond acceptors (Lipinski definition) is 4. The van der Waals surface area contributed by atoms with Crippen molar-refractivity contribution in [3.63, 3.8) is 0 Å². The summed E-state index contributed by atoms with van der Waals surface area (Å²) in [6, 6.07) is 14.8. The van der Waals surface area contributed by atoms with E-state index in [1.54, 1.807) is 6.08 Å². The molecule has 6 heteroatoms. The van der Waals surface area contributed by atoms with E-state index in [0.29, 0.717) is 16.5 Å². The van der Waals surface area contributed by atoms with Crippen molar-refractivity contribution in [2.45, 2.75) is 6.61 Å². The van der Waals surface area contributed by atoms with E-state index in [1.807, 2.05) is 48.5 Å². The van der Waals surface area contributed by atoms with Crippen LogP contribution in [0, 0.1) is 0 Å². The van der Waals surface area contributed by atoms with Crippen LogP contribution in [-0.4, -0.2) is 11.1 Å². The molecule has 116 valence electrons. The van der Waals surface area contributed by atoms with Crippen LogP contribution in [0.25, 0.3) is 6.08 Å². The highest BCUT2D eigenvalue weighted by molar-refractivity contribution is 8.18. The van der Waals surface area contributed by atoms with Crippen molar-refractivity contribution in [2.24, 2.45) is 0 Å². The molecular weight excluding hydrogens is 334 g/mol. The first kappa shape index (κ1) is 15.6. The molecule has 2 aromatic rings. The van der Waals surface area contributed by atoms with Crippen LogP contribution < -0.4 is 10.1 Å². The fraction of sp³-hybridized carbons (Fsp3) is 0.0588. The van der Waals surface area contributed by atoms with E-state index in [-0.39, 0.29) is 11.1 Å². The zero-order valence-electron chi connectivity index (χ0n) is 11.9. The van der Waals surface area contributed by atoms with Gasteiger partial charge in [0.15, 0.2) is 0 Å². The van der Waals surface area contributed by atoms with Crippen molar-refractivity contribution in [1.29, 1.82) is 0 Å². The number of ether oxygens (including phenoxy) is 1. The van der Waals surface area contributed by atoms with Gasteiger partial charge in [0.1, 0.15) is 12.4 Å². The smallest absolute Gasteiger partial charge is 0.290 e. The first-order valence-corrected chi connectivity index (χ1v) is 8.02. The fourth-order valence-electron chi connectivity index (χ4n) is 1.98. The van der Waals surface area contributed by atoms with Crippen molar-refractivity contribution in [2.75, 3.05) is 0 Å². The van der Waals surface area contributed by atoms with Crippen molar-refractivity contribution in [1.82, 2.24) is 5.32 Å². The average Bonchev–Trinajstić information content (AvgIpc) is 2.86. The third-order valence-corrected chi connectivity index (χ3v) is 4.20. The molecular formula is C17H12ClNO3S. The summed E-state index contributed by atoms with van der Waals surface area (Å²) in [7, 11) is 0. The second-order valence-corrected chi connectivity index (χ2v) is 6.29. The Balaban J connectivity index is 1.63. The third-order valence-electron chi connectivity index (χ3n) is 3.14. The number of carbonyl (C=O) groups excluding carboxylic acids is 2. The monoisotopic (exact) mass is 345 g/mol. The highest BCUT2D eigenvalue weighted by Crippen LogP contribution is 2.26. The molecule has 2 amide bonds. The Hall–Kier alpha value is -2.24. The average molecular weight is 346 g/mol. The van der Waals surface area contributed by atoms with E-state index in [9.17, 15) is 9.59 Å². The Bertz CT molecular complexity index is 769. The lowest BCUT2D eigenvalue weighted by Crippen LogP contribution is -2.17. The number of imide groups is 1. The van der Waals surface area contributed by atoms with Crippen molar-refractivity contribution < 1.29 is 14.3 Å². The van der Waals surface area contributed by atoms with Gasteiger partial charge in [0.25, 0.3) is 11.1 Å². The van der Waals surface area contributed by atoms with E-state index in [4.69, 9.17) is 16.3 Å². The van der Waals surface area contributed by atoms with Crippen molar-refractivity contribution in [3.8, 4) is 5.75 Å². The van der Waals surface area contributed by atoms with Gasteiger partial charge in [-0.05, 0) is 53.2 Å². The standard InChI is InChI=1S/C17H12ClNO3S/c18-13-5-1-12(2-6-13)10-22-14-7-3-11(4-8-14)9-15-16(20)19-17(21)23-15/h1-9H,10H2,(H,19,20,21). The number of hydrogen-bond donors (Lipinski definition) is 1. The minimum absolute atomic E-state index is 0.343. The number of nitrogens with one attached hydrogen (secondary N) is 1. The Kier molecular flexibility index (Phi) is 4.69. The van der Waals surface area contributed by atoms with E-state index in [0.717, 1.165) is 28.6 Å². The molecule has 1 heterocycles. The van der Waals surface area contributed by atoms with Gasteiger partial charge < -0.3 is 4.74 Å². The molecule has 1 fully saturated rings. The van der Waals surface area contributed by atoms with Crippen molar-refractivity contribution in [3.05, 3.63) is 69.6 Å². The molecule has 2 aromatic carbocycles. The lowest BCUT2D eigenvalue weighted by atomic mass is 10.2. The van der Waals surface area contributed by atoms with E-state index in [1.165, 1.54) is 0 Å². The number of benzene rings is 2. The van der Waals surface area contributed by atoms with Gasteiger partial charge in [0.2, 0.25) is 0 Å². The Labute approximate surface area is 142 Å². The highest BCUT2D eigenvalue weighted by atomic mass is 35.5. The lowest BCUT2D eigenvalue weighted by Gasteiger charge is -2.06. The largest absolute Gasteiger partial charge is 0.489 e. The topological polar surface area (TPSA) is 55.4 Å². The van der Waals surface area contributed by atoms with Crippen LogP contribution in [0.1, 0.15) is 11.1 Å². The predicted octanol–water partition coefficient (Wildman–Crippen LogP) is 4.24. The van der Waals surface area contributed by atoms with E-state index < -0.39 is 0 Å². The van der Waals surface area contributed by atoms with Gasteiger partial charge in [-0.15, -0.1) is 0 Å². The molecule has 0 saturated carbocycles. The van der Waals surface area contributed by atoms with Crippen LogP contribution in [0.2, 0.25) is 5.02 Å². The maximum Gasteiger partial charge on any atom is 0.290 e. The summed E-state index contributed by atoms with van der Waals surface area (Å²) in [5.74, 6) is 0.366. The van der Waals surface area contributed by atoms with Crippen LogP contribution in [0.3, 0.4) is 0 Å². The molecule has 23 heavy (non-hydrogen) atoms. The quantitative estimate of drug-likeness (QED) is 0.842. The molecule has 0 radical (unpaired) electrons. The third kappa shape index (κ3) is 4.15. The van der Waals surface area contributed by atoms with Crippen LogP contribution in [-0.2, 0) is 11.4 Å². The molecule has 0 spiro atoms. The summed E-state index contributed by atoms with van der Waals surface area (Å²) >= 11 is 6.74. The molecule has 1 N–H and O–H groups in total. The number of halogens is 1. The summed E-state index contributed by atoms with van der Waals surface area (Å²) in [6.07, 6.45) is 1.67. The molecule has 3 rings (SSSR count). The van der Waals surface area contributed by atoms with Crippen LogP contribution in [0.15, 0.2) is 53.4 Å². The van der Waals surface area contributed by atoms with E-state index >= 15 is 0 Å². The lowest BCUT2D eigenvalue weighted by molar-refractivity contribution is -0.115. The minimum Gasteiger partial charge on any atom is -0.489 e. The van der Waals surface area contributed by atoms with Crippen LogP contribution in [0.5, 0.6) is 5.75 Å². The molecule has 0 atom stereocenters. The van der Waals surface area contributed by atoms with Gasteiger partial charge in [-0.1, -0.05) is 35.9 Å². The molecule has 0 aliphatic carbocycles. The van der Waals surface area contributed by atoms with Crippen molar-refractivity contribution >= 4 is 40.6 Å². The van der Waals surface area contributed by atoms with E-state index in [2.05, 4.69) is 5.32 Å². The Morgan fingerprint density at radius 3 is 2.35 bits per heavy atom. The first-order valence-electron chi connectivity index (χ1n) is 6.82. The summed E-state index contributed by atoms with van der Waals surface area (Å²) in [5, 5.41) is 2.57. The van der Waals surface area contributed by atoms with Gasteiger partial charge in [-0.2, -0.15) is 0 Å². The molecule has 0 bridgehead atoms. The molecule has 1 saturated heterocycles. The van der Waals surface area contributed by atoms with Gasteiger partial charge in [-0.25, -0.2) is 0 Å². The zero-order chi connectivity index (χ0) is 16.2. The summed E-state index contributed by atoms with van der Waals surface area (Å²) in [5.41, 5.74) is 1.86. The summed E-state index contributed by atoms with van der Waals surface area (Å²) < 4.78 is 5.69. The van der Waals surface area contributed by atoms with Gasteiger partial charge in [0.05, 0.1) is 4.91 Å². The predicted molar refractivity (Wildman–Crippen MR) is 91.3 cm³/mol. The Morgan fingerprint density at radius 2 is 1.74 bits per heavy atom. The fourth-order valence-corrected chi connectivity index (χ4v) is 2.79. The van der Waals surface area contributed by atoms with Gasteiger partial charge in [-0.3, -0.25) is 14.9 Å². The van der Waals surface area contributed by atoms with Crippen LogP contribution >= 0.6 is 23.4 Å². The molecule has 0 aromatic heterocycles. The number of thioether (sulfide) groups is 1. The maximum absolute atomic E-state index is 11.5. The second kappa shape index (κ2) is 6.89. The molecule has 1 aliphatic rings. The Morgan fingerprint density at radius 1 is 1.04 bits per heavy atom. The SMILES string of the molecule is O=C1NC(=O)C(=Cc2ccc(OCc3ccc(Cl)cc3)cc2)S1. The number of amides is 2. The normalized spacial score (nSPS) is 15.8. The number of rotatable bonds is 4. The van der Waals surface area contributed by atoms with Gasteiger partial charge in [0, 0.05) is 5.02 Å². The summed E-state index contributed by atoms with van der Waals surface area (Å²) in [6.45, 7) is 0.449. The first-order chi connectivity index (χ1) is 11.1. The second-order valence-electron chi connectivity index (χ2n) is 4.84. The molecule has 1 aliphatic heterocycles. The zero-order valence-corrected chi connectivity index (χ0v) is 13.5. The molecule has 4 nitrogen and oxygen atoms in total. The highest BCUT2D eigenvalue weighted by Gasteiger charge is 2.24. The molecule has 0 unspecified atom stereocenters. The maximum atomic E-state index is 11.5. The summed E-state index contributed by atoms with van der Waals surface area (Å²) in [4.78, 5) is 23.0. The van der Waals surface area contributed by atoms with Gasteiger partial charge >= 0.3 is 0 Å². The minimum atomic E-state index is -0.358.